The van der Waals surface area contributed by atoms with Gasteiger partial charge in [-0.2, -0.15) is 0 Å². The van der Waals surface area contributed by atoms with Gasteiger partial charge in [-0.15, -0.1) is 0 Å². The molecule has 0 aliphatic carbocycles. The van der Waals surface area contributed by atoms with Crippen molar-refractivity contribution in [2.24, 2.45) is 0 Å². The summed E-state index contributed by atoms with van der Waals surface area (Å²) in [7, 11) is 6.97. The highest BCUT2D eigenvalue weighted by Crippen LogP contribution is 2.53. The van der Waals surface area contributed by atoms with E-state index in [9.17, 15) is 19.5 Å². The van der Waals surface area contributed by atoms with Crippen LogP contribution in [-0.4, -0.2) is 73.8 Å². The number of para-hydroxylation sites is 1. The van der Waals surface area contributed by atoms with E-state index >= 15 is 0 Å². The number of aliphatic hydroxyl groups excluding tert-OH is 1. The molecule has 2 aromatic carbocycles. The number of anilines is 1. The van der Waals surface area contributed by atoms with Crippen molar-refractivity contribution >= 4 is 29.0 Å². The van der Waals surface area contributed by atoms with Crippen molar-refractivity contribution in [1.82, 2.24) is 9.80 Å². The number of carbonyl (C=O) groups excluding carboxylic acids is 3. The normalized spacial score (nSPS) is 21.4. The van der Waals surface area contributed by atoms with Crippen LogP contribution in [0.15, 0.2) is 54.1 Å². The Morgan fingerprint density at radius 3 is 2.36 bits per heavy atom. The Morgan fingerprint density at radius 1 is 1.06 bits per heavy atom. The smallest absolute Gasteiger partial charge is 0.296 e. The number of methoxy groups -OCH3 is 1. The minimum absolute atomic E-state index is 0.191. The molecule has 2 heterocycles. The zero-order valence-corrected chi connectivity index (χ0v) is 19.2. The molecule has 0 radical (unpaired) electrons. The van der Waals surface area contributed by atoms with Crippen LogP contribution in [-0.2, 0) is 19.9 Å². The largest absolute Gasteiger partial charge is 0.507 e. The number of likely N-dealkylation sites (tertiary alicyclic amines) is 1. The van der Waals surface area contributed by atoms with Crippen molar-refractivity contribution in [2.75, 3.05) is 46.2 Å². The number of carbonyl (C=O) groups is 3. The molecular weight excluding hydrogens is 422 g/mol. The first-order chi connectivity index (χ1) is 15.7. The van der Waals surface area contributed by atoms with Gasteiger partial charge in [0.25, 0.3) is 17.6 Å². The van der Waals surface area contributed by atoms with Gasteiger partial charge in [0.15, 0.2) is 5.54 Å². The molecule has 1 fully saturated rings. The highest BCUT2D eigenvalue weighted by atomic mass is 16.5. The molecule has 1 N–H and O–H groups in total. The summed E-state index contributed by atoms with van der Waals surface area (Å²) < 4.78 is 5.17. The maximum absolute atomic E-state index is 13.8. The second-order valence-electron chi connectivity index (χ2n) is 8.49. The molecule has 0 bridgehead atoms. The summed E-state index contributed by atoms with van der Waals surface area (Å²) in [5, 5.41) is 11.3. The van der Waals surface area contributed by atoms with Crippen LogP contribution in [0.3, 0.4) is 0 Å². The molecular formula is C25H27N3O5. The van der Waals surface area contributed by atoms with E-state index in [1.165, 1.54) is 16.9 Å². The third kappa shape index (κ3) is 3.29. The average Bonchev–Trinajstić information content (AvgIpc) is 3.17. The van der Waals surface area contributed by atoms with Crippen molar-refractivity contribution in [1.29, 1.82) is 0 Å². The first-order valence-electron chi connectivity index (χ1n) is 10.7. The molecule has 8 heteroatoms. The van der Waals surface area contributed by atoms with Crippen LogP contribution in [0.4, 0.5) is 5.69 Å². The topological polar surface area (TPSA) is 90.4 Å². The fourth-order valence-electron chi connectivity index (χ4n) is 4.71. The summed E-state index contributed by atoms with van der Waals surface area (Å²) in [4.78, 5) is 45.2. The molecule has 1 atom stereocenters. The van der Waals surface area contributed by atoms with E-state index in [0.29, 0.717) is 35.5 Å². The van der Waals surface area contributed by atoms with Crippen molar-refractivity contribution in [3.8, 4) is 5.75 Å². The summed E-state index contributed by atoms with van der Waals surface area (Å²) in [6, 6.07) is 13.5. The predicted molar refractivity (Wildman–Crippen MR) is 124 cm³/mol. The number of amides is 2. The Balaban J connectivity index is 1.96. The van der Waals surface area contributed by atoms with Gasteiger partial charge in [-0.25, -0.2) is 0 Å². The van der Waals surface area contributed by atoms with Gasteiger partial charge in [-0.3, -0.25) is 14.4 Å². The maximum Gasteiger partial charge on any atom is 0.296 e. The van der Waals surface area contributed by atoms with Gasteiger partial charge in [0, 0.05) is 30.4 Å². The van der Waals surface area contributed by atoms with E-state index in [0.717, 1.165) is 0 Å². The van der Waals surface area contributed by atoms with Crippen LogP contribution in [0.5, 0.6) is 5.75 Å². The minimum Gasteiger partial charge on any atom is -0.507 e. The van der Waals surface area contributed by atoms with Crippen molar-refractivity contribution in [3.05, 3.63) is 65.2 Å². The lowest BCUT2D eigenvalue weighted by Gasteiger charge is -2.34. The summed E-state index contributed by atoms with van der Waals surface area (Å²) in [6.07, 6.45) is 0.559. The number of Topliss-reactive ketones (excluding diaryl/α,β-unsaturated/α-hetero) is 1. The van der Waals surface area contributed by atoms with Gasteiger partial charge in [-0.05, 0) is 57.4 Å². The minimum atomic E-state index is -1.71. The SMILES string of the molecule is COc1ccc(C(O)=C2C(=O)C(=O)N(CCCN(C)C)[C@]23C(=O)N(C)c2ccccc23)cc1. The molecule has 1 saturated heterocycles. The molecule has 0 saturated carbocycles. The standard InChI is InChI=1S/C25H27N3O5/c1-26(2)14-7-15-28-23(31)22(30)20(21(29)16-10-12-17(33-4)13-11-16)25(28)18-8-5-6-9-19(18)27(3)24(25)32/h5-6,8-13,29H,7,14-15H2,1-4H3/t25-/m0/s1. The van der Waals surface area contributed by atoms with Crippen molar-refractivity contribution < 1.29 is 24.2 Å². The Hall–Kier alpha value is -3.65. The zero-order chi connectivity index (χ0) is 23.9. The number of nitrogens with zero attached hydrogens (tertiary/aromatic N) is 3. The summed E-state index contributed by atoms with van der Waals surface area (Å²) in [6.45, 7) is 0.860. The van der Waals surface area contributed by atoms with Crippen LogP contribution >= 0.6 is 0 Å². The van der Waals surface area contributed by atoms with E-state index in [1.807, 2.05) is 19.0 Å². The van der Waals surface area contributed by atoms with Gasteiger partial charge >= 0.3 is 0 Å². The second-order valence-corrected chi connectivity index (χ2v) is 8.49. The van der Waals surface area contributed by atoms with Crippen molar-refractivity contribution in [2.45, 2.75) is 12.0 Å². The second kappa shape index (κ2) is 8.37. The number of benzene rings is 2. The van der Waals surface area contributed by atoms with Gasteiger partial charge in [0.2, 0.25) is 0 Å². The Morgan fingerprint density at radius 2 is 1.73 bits per heavy atom. The first kappa shape index (κ1) is 22.5. The fraction of sp³-hybridized carbons (Fsp3) is 0.320. The van der Waals surface area contributed by atoms with Crippen LogP contribution in [0.25, 0.3) is 5.76 Å². The van der Waals surface area contributed by atoms with Crippen molar-refractivity contribution in [3.63, 3.8) is 0 Å². The van der Waals surface area contributed by atoms with Gasteiger partial charge in [0.05, 0.1) is 12.7 Å². The first-order valence-corrected chi connectivity index (χ1v) is 10.7. The Labute approximate surface area is 192 Å². The number of hydrogen-bond acceptors (Lipinski definition) is 6. The van der Waals surface area contributed by atoms with Crippen LogP contribution < -0.4 is 9.64 Å². The number of fused-ring (bicyclic) bond motifs is 2. The van der Waals surface area contributed by atoms with Crippen LogP contribution in [0, 0.1) is 0 Å². The third-order valence-electron chi connectivity index (χ3n) is 6.29. The molecule has 172 valence electrons. The molecule has 8 nitrogen and oxygen atoms in total. The molecule has 1 spiro atoms. The average molecular weight is 450 g/mol. The van der Waals surface area contributed by atoms with E-state index < -0.39 is 23.1 Å². The number of aliphatic hydroxyl groups is 1. The molecule has 2 aromatic rings. The fourth-order valence-corrected chi connectivity index (χ4v) is 4.71. The molecule has 2 aliphatic rings. The summed E-state index contributed by atoms with van der Waals surface area (Å²) in [5.41, 5.74) is -0.486. The van der Waals surface area contributed by atoms with E-state index in [-0.39, 0.29) is 17.9 Å². The monoisotopic (exact) mass is 449 g/mol. The van der Waals surface area contributed by atoms with Crippen LogP contribution in [0.1, 0.15) is 17.5 Å². The predicted octanol–water partition coefficient (Wildman–Crippen LogP) is 2.20. The molecule has 33 heavy (non-hydrogen) atoms. The lowest BCUT2D eigenvalue weighted by atomic mass is 9.82. The lowest BCUT2D eigenvalue weighted by molar-refractivity contribution is -0.143. The molecule has 0 aromatic heterocycles. The summed E-state index contributed by atoms with van der Waals surface area (Å²) >= 11 is 0. The van der Waals surface area contributed by atoms with Gasteiger partial charge in [0.1, 0.15) is 11.5 Å². The highest BCUT2D eigenvalue weighted by molar-refractivity contribution is 6.50. The molecule has 2 aliphatic heterocycles. The number of likely N-dealkylation sites (N-methyl/N-ethyl adjacent to an activating group) is 1. The third-order valence-corrected chi connectivity index (χ3v) is 6.29. The molecule has 2 amide bonds. The van der Waals surface area contributed by atoms with E-state index in [2.05, 4.69) is 0 Å². The van der Waals surface area contributed by atoms with E-state index in [4.69, 9.17) is 4.74 Å². The Kier molecular flexibility index (Phi) is 5.71. The Bertz CT molecular complexity index is 1150. The number of ether oxygens (including phenoxy) is 1. The maximum atomic E-state index is 13.8. The molecule has 4 rings (SSSR count). The van der Waals surface area contributed by atoms with Gasteiger partial charge < -0.3 is 24.5 Å². The van der Waals surface area contributed by atoms with E-state index in [1.54, 1.807) is 55.6 Å². The summed E-state index contributed by atoms with van der Waals surface area (Å²) in [5.74, 6) is -1.91. The number of rotatable bonds is 6. The number of hydrogen-bond donors (Lipinski definition) is 1. The lowest BCUT2D eigenvalue weighted by Crippen LogP contribution is -2.51. The zero-order valence-electron chi connectivity index (χ0n) is 19.2. The quantitative estimate of drug-likeness (QED) is 0.413. The highest BCUT2D eigenvalue weighted by Gasteiger charge is 2.66. The van der Waals surface area contributed by atoms with Gasteiger partial charge in [-0.1, -0.05) is 18.2 Å². The molecule has 0 unspecified atom stereocenters. The van der Waals surface area contributed by atoms with Crippen LogP contribution in [0.2, 0.25) is 0 Å². The number of ketones is 1.